The van der Waals surface area contributed by atoms with Crippen molar-refractivity contribution in [1.29, 1.82) is 0 Å². The van der Waals surface area contributed by atoms with Crippen LogP contribution in [-0.4, -0.2) is 43.6 Å². The van der Waals surface area contributed by atoms with Gasteiger partial charge in [0.2, 0.25) is 0 Å². The van der Waals surface area contributed by atoms with Crippen LogP contribution >= 0.6 is 0 Å². The summed E-state index contributed by atoms with van der Waals surface area (Å²) in [5, 5.41) is 2.76. The van der Waals surface area contributed by atoms with E-state index < -0.39 is 6.61 Å². The molecule has 0 atom stereocenters. The Morgan fingerprint density at radius 3 is 2.68 bits per heavy atom. The second kappa shape index (κ2) is 8.68. The number of para-hydroxylation sites is 1. The number of halogens is 2. The fourth-order valence-electron chi connectivity index (χ4n) is 2.64. The highest BCUT2D eigenvalue weighted by atomic mass is 19.3. The van der Waals surface area contributed by atoms with Crippen LogP contribution in [0.3, 0.4) is 0 Å². The zero-order chi connectivity index (χ0) is 15.8. The van der Waals surface area contributed by atoms with Crippen molar-refractivity contribution in [3.63, 3.8) is 0 Å². The number of hydrogen-bond donors (Lipinski definition) is 1. The number of carbonyl (C=O) groups excluding carboxylic acids is 1. The molecule has 0 aliphatic carbocycles. The van der Waals surface area contributed by atoms with Crippen LogP contribution in [0.2, 0.25) is 0 Å². The molecule has 0 aromatic heterocycles. The molecule has 0 radical (unpaired) electrons. The van der Waals surface area contributed by atoms with Gasteiger partial charge < -0.3 is 15.0 Å². The Kier molecular flexibility index (Phi) is 6.58. The zero-order valence-electron chi connectivity index (χ0n) is 12.6. The monoisotopic (exact) mass is 312 g/mol. The Bertz CT molecular complexity index is 477. The van der Waals surface area contributed by atoms with Crippen LogP contribution < -0.4 is 10.1 Å². The van der Waals surface area contributed by atoms with Crippen LogP contribution in [0.25, 0.3) is 0 Å². The van der Waals surface area contributed by atoms with E-state index in [9.17, 15) is 13.6 Å². The van der Waals surface area contributed by atoms with E-state index in [4.69, 9.17) is 0 Å². The van der Waals surface area contributed by atoms with Crippen LogP contribution in [-0.2, 0) is 0 Å². The Hall–Kier alpha value is -1.69. The summed E-state index contributed by atoms with van der Waals surface area (Å²) in [4.78, 5) is 14.4. The van der Waals surface area contributed by atoms with Gasteiger partial charge in [0.05, 0.1) is 5.56 Å². The van der Waals surface area contributed by atoms with Crippen molar-refractivity contribution in [2.45, 2.75) is 32.3 Å². The predicted octanol–water partition coefficient (Wildman–Crippen LogP) is 2.89. The molecule has 4 nitrogen and oxygen atoms in total. The molecule has 6 heteroatoms. The second-order valence-electron chi connectivity index (χ2n) is 5.39. The number of amides is 1. The van der Waals surface area contributed by atoms with E-state index in [1.165, 1.54) is 31.4 Å². The molecule has 22 heavy (non-hydrogen) atoms. The van der Waals surface area contributed by atoms with Crippen molar-refractivity contribution in [2.75, 3.05) is 26.2 Å². The summed E-state index contributed by atoms with van der Waals surface area (Å²) in [6.07, 6.45) is 4.63. The molecule has 1 heterocycles. The van der Waals surface area contributed by atoms with Crippen molar-refractivity contribution in [3.8, 4) is 5.75 Å². The summed E-state index contributed by atoms with van der Waals surface area (Å²) in [5.74, 6) is -0.471. The molecule has 1 aromatic rings. The molecule has 0 bridgehead atoms. The third-order valence-electron chi connectivity index (χ3n) is 3.73. The van der Waals surface area contributed by atoms with Gasteiger partial charge in [0.25, 0.3) is 5.91 Å². The van der Waals surface area contributed by atoms with Gasteiger partial charge >= 0.3 is 6.61 Å². The first-order chi connectivity index (χ1) is 10.7. The van der Waals surface area contributed by atoms with E-state index in [2.05, 4.69) is 15.0 Å². The van der Waals surface area contributed by atoms with E-state index in [0.717, 1.165) is 26.1 Å². The highest BCUT2D eigenvalue weighted by Gasteiger charge is 2.15. The largest absolute Gasteiger partial charge is 0.434 e. The quantitative estimate of drug-likeness (QED) is 0.787. The number of likely N-dealkylation sites (tertiary alicyclic amines) is 1. The molecular weight excluding hydrogens is 290 g/mol. The summed E-state index contributed by atoms with van der Waals surface area (Å²) in [5.41, 5.74) is 0.140. The van der Waals surface area contributed by atoms with Crippen molar-refractivity contribution in [2.24, 2.45) is 0 Å². The molecule has 1 aliphatic rings. The highest BCUT2D eigenvalue weighted by molar-refractivity contribution is 5.96. The Morgan fingerprint density at radius 2 is 1.95 bits per heavy atom. The average Bonchev–Trinajstić information content (AvgIpc) is 2.52. The Morgan fingerprint density at radius 1 is 1.23 bits per heavy atom. The number of rotatable bonds is 7. The first-order valence-corrected chi connectivity index (χ1v) is 7.71. The van der Waals surface area contributed by atoms with Crippen molar-refractivity contribution in [1.82, 2.24) is 10.2 Å². The van der Waals surface area contributed by atoms with Crippen molar-refractivity contribution < 1.29 is 18.3 Å². The molecule has 0 spiro atoms. The molecule has 0 unspecified atom stereocenters. The number of carbonyl (C=O) groups is 1. The van der Waals surface area contributed by atoms with Crippen molar-refractivity contribution >= 4 is 5.91 Å². The summed E-state index contributed by atoms with van der Waals surface area (Å²) in [6, 6.07) is 6.04. The van der Waals surface area contributed by atoms with Crippen LogP contribution in [0.4, 0.5) is 8.78 Å². The SMILES string of the molecule is O=C(NCCCN1CCCCC1)c1ccccc1OC(F)F. The van der Waals surface area contributed by atoms with Crippen LogP contribution in [0.5, 0.6) is 5.75 Å². The molecule has 1 fully saturated rings. The minimum atomic E-state index is -2.94. The minimum absolute atomic E-state index is 0.0916. The Labute approximate surface area is 129 Å². The van der Waals surface area contributed by atoms with E-state index in [1.54, 1.807) is 12.1 Å². The van der Waals surface area contributed by atoms with E-state index >= 15 is 0 Å². The van der Waals surface area contributed by atoms with Gasteiger partial charge in [-0.05, 0) is 51.0 Å². The lowest BCUT2D eigenvalue weighted by atomic mass is 10.1. The van der Waals surface area contributed by atoms with Crippen LogP contribution in [0.15, 0.2) is 24.3 Å². The van der Waals surface area contributed by atoms with Crippen molar-refractivity contribution in [3.05, 3.63) is 29.8 Å². The maximum atomic E-state index is 12.3. The third-order valence-corrected chi connectivity index (χ3v) is 3.73. The number of hydrogen-bond acceptors (Lipinski definition) is 3. The predicted molar refractivity (Wildman–Crippen MR) is 80.3 cm³/mol. The van der Waals surface area contributed by atoms with Gasteiger partial charge in [-0.15, -0.1) is 0 Å². The van der Waals surface area contributed by atoms with Crippen LogP contribution in [0, 0.1) is 0 Å². The molecule has 1 N–H and O–H groups in total. The molecular formula is C16H22F2N2O2. The maximum Gasteiger partial charge on any atom is 0.387 e. The highest BCUT2D eigenvalue weighted by Crippen LogP contribution is 2.20. The molecule has 1 amide bonds. The summed E-state index contributed by atoms with van der Waals surface area (Å²) in [6.45, 7) is 0.791. The summed E-state index contributed by atoms with van der Waals surface area (Å²) >= 11 is 0. The van der Waals surface area contributed by atoms with E-state index in [1.807, 2.05) is 0 Å². The van der Waals surface area contributed by atoms with Crippen LogP contribution in [0.1, 0.15) is 36.0 Å². The molecule has 1 aliphatic heterocycles. The van der Waals surface area contributed by atoms with E-state index in [-0.39, 0.29) is 17.2 Å². The first kappa shape index (κ1) is 16.7. The lowest BCUT2D eigenvalue weighted by Gasteiger charge is -2.26. The number of piperidine rings is 1. The fraction of sp³-hybridized carbons (Fsp3) is 0.562. The fourth-order valence-corrected chi connectivity index (χ4v) is 2.64. The van der Waals surface area contributed by atoms with Gasteiger partial charge in [0, 0.05) is 6.54 Å². The van der Waals surface area contributed by atoms with Gasteiger partial charge in [-0.2, -0.15) is 8.78 Å². The standard InChI is InChI=1S/C16H22F2N2O2/c17-16(18)22-14-8-3-2-7-13(14)15(21)19-9-6-12-20-10-4-1-5-11-20/h2-3,7-8,16H,1,4-6,9-12H2,(H,19,21). The number of ether oxygens (including phenoxy) is 1. The Balaban J connectivity index is 1.77. The second-order valence-corrected chi connectivity index (χ2v) is 5.39. The molecule has 1 aromatic carbocycles. The minimum Gasteiger partial charge on any atom is -0.434 e. The van der Waals surface area contributed by atoms with Gasteiger partial charge in [0.1, 0.15) is 5.75 Å². The lowest BCUT2D eigenvalue weighted by molar-refractivity contribution is -0.0501. The first-order valence-electron chi connectivity index (χ1n) is 7.71. The third kappa shape index (κ3) is 5.26. The van der Waals surface area contributed by atoms with Gasteiger partial charge in [-0.25, -0.2) is 0 Å². The molecule has 0 saturated carbocycles. The van der Waals surface area contributed by atoms with Gasteiger partial charge in [-0.3, -0.25) is 4.79 Å². The molecule has 1 saturated heterocycles. The summed E-state index contributed by atoms with van der Waals surface area (Å²) < 4.78 is 29.0. The normalized spacial score (nSPS) is 15.8. The lowest BCUT2D eigenvalue weighted by Crippen LogP contribution is -2.33. The van der Waals surface area contributed by atoms with Gasteiger partial charge in [0.15, 0.2) is 0 Å². The molecule has 2 rings (SSSR count). The number of benzene rings is 1. The maximum absolute atomic E-state index is 12.3. The average molecular weight is 312 g/mol. The summed E-state index contributed by atoms with van der Waals surface area (Å²) in [7, 11) is 0. The molecule has 122 valence electrons. The smallest absolute Gasteiger partial charge is 0.387 e. The van der Waals surface area contributed by atoms with Gasteiger partial charge in [-0.1, -0.05) is 18.6 Å². The number of nitrogens with zero attached hydrogens (tertiary/aromatic N) is 1. The topological polar surface area (TPSA) is 41.6 Å². The number of alkyl halides is 2. The zero-order valence-corrected chi connectivity index (χ0v) is 12.6. The number of nitrogens with one attached hydrogen (secondary N) is 1. The van der Waals surface area contributed by atoms with E-state index in [0.29, 0.717) is 6.54 Å².